The maximum absolute atomic E-state index is 11.4. The third kappa shape index (κ3) is 2.40. The lowest BCUT2D eigenvalue weighted by molar-refractivity contribution is 0.709. The number of aryl methyl sites for hydroxylation is 1. The molecule has 0 aliphatic rings. The van der Waals surface area contributed by atoms with Crippen LogP contribution >= 0.6 is 22.9 Å². The molecular formula is C8H7ClN4OS. The van der Waals surface area contributed by atoms with Crippen molar-refractivity contribution >= 4 is 22.9 Å². The molecule has 0 atom stereocenters. The van der Waals surface area contributed by atoms with Gasteiger partial charge in [-0.3, -0.25) is 4.57 Å². The molecule has 0 aliphatic heterocycles. The third-order valence-corrected chi connectivity index (χ3v) is 2.76. The van der Waals surface area contributed by atoms with Gasteiger partial charge in [-0.25, -0.2) is 4.79 Å². The molecule has 2 aromatic rings. The van der Waals surface area contributed by atoms with E-state index in [-0.39, 0.29) is 5.69 Å². The van der Waals surface area contributed by atoms with Crippen LogP contribution in [0.1, 0.15) is 10.7 Å². The van der Waals surface area contributed by atoms with Gasteiger partial charge in [-0.1, -0.05) is 11.3 Å². The first-order valence-corrected chi connectivity index (χ1v) is 5.36. The van der Waals surface area contributed by atoms with Gasteiger partial charge in [-0.2, -0.15) is 4.98 Å². The molecule has 78 valence electrons. The van der Waals surface area contributed by atoms with Crippen molar-refractivity contribution in [2.75, 3.05) is 0 Å². The van der Waals surface area contributed by atoms with E-state index in [1.54, 1.807) is 19.2 Å². The van der Waals surface area contributed by atoms with Crippen LogP contribution in [0.4, 0.5) is 0 Å². The Morgan fingerprint density at radius 2 is 2.33 bits per heavy atom. The standard InChI is InChI=1S/C8H7ClN4OS/c1-5-2-3-13(8(14)10-5)4-6-11-12-7(9)15-6/h2-3H,4H2,1H3. The topological polar surface area (TPSA) is 60.7 Å². The summed E-state index contributed by atoms with van der Waals surface area (Å²) in [6.45, 7) is 2.13. The second-order valence-electron chi connectivity index (χ2n) is 2.93. The van der Waals surface area contributed by atoms with Crippen molar-refractivity contribution in [1.29, 1.82) is 0 Å². The van der Waals surface area contributed by atoms with Crippen LogP contribution in [0.3, 0.4) is 0 Å². The Labute approximate surface area is 94.4 Å². The Morgan fingerprint density at radius 1 is 1.53 bits per heavy atom. The molecule has 0 aliphatic carbocycles. The first-order chi connectivity index (χ1) is 7.15. The quantitative estimate of drug-likeness (QED) is 0.791. The van der Waals surface area contributed by atoms with Gasteiger partial charge in [0.2, 0.25) is 4.47 Å². The Balaban J connectivity index is 2.28. The van der Waals surface area contributed by atoms with Crippen LogP contribution in [-0.2, 0) is 6.54 Å². The molecule has 0 unspecified atom stereocenters. The molecule has 2 aromatic heterocycles. The maximum Gasteiger partial charge on any atom is 0.348 e. The molecule has 0 spiro atoms. The molecule has 5 nitrogen and oxygen atoms in total. The summed E-state index contributed by atoms with van der Waals surface area (Å²) in [5.74, 6) is 0. The predicted octanol–water partition coefficient (Wildman–Crippen LogP) is 1.10. The predicted molar refractivity (Wildman–Crippen MR) is 57.3 cm³/mol. The highest BCUT2D eigenvalue weighted by molar-refractivity contribution is 7.15. The van der Waals surface area contributed by atoms with Crippen molar-refractivity contribution < 1.29 is 0 Å². The van der Waals surface area contributed by atoms with Gasteiger partial charge in [-0.15, -0.1) is 10.2 Å². The highest BCUT2D eigenvalue weighted by atomic mass is 35.5. The SMILES string of the molecule is Cc1ccn(Cc2nnc(Cl)s2)c(=O)n1. The van der Waals surface area contributed by atoms with E-state index in [4.69, 9.17) is 11.6 Å². The van der Waals surface area contributed by atoms with E-state index in [2.05, 4.69) is 15.2 Å². The zero-order chi connectivity index (χ0) is 10.8. The molecule has 0 N–H and O–H groups in total. The summed E-state index contributed by atoms with van der Waals surface area (Å²) in [7, 11) is 0. The van der Waals surface area contributed by atoms with Crippen LogP contribution < -0.4 is 5.69 Å². The van der Waals surface area contributed by atoms with Gasteiger partial charge < -0.3 is 0 Å². The van der Waals surface area contributed by atoms with Crippen LogP contribution in [0, 0.1) is 6.92 Å². The fourth-order valence-corrected chi connectivity index (χ4v) is 1.94. The normalized spacial score (nSPS) is 10.5. The Hall–Kier alpha value is -1.27. The monoisotopic (exact) mass is 242 g/mol. The second kappa shape index (κ2) is 4.08. The maximum atomic E-state index is 11.4. The third-order valence-electron chi connectivity index (χ3n) is 1.76. The molecule has 15 heavy (non-hydrogen) atoms. The highest BCUT2D eigenvalue weighted by Crippen LogP contribution is 2.14. The van der Waals surface area contributed by atoms with E-state index in [1.165, 1.54) is 15.9 Å². The van der Waals surface area contributed by atoms with Crippen molar-refractivity contribution in [3.05, 3.63) is 37.9 Å². The second-order valence-corrected chi connectivity index (χ2v) is 4.57. The van der Waals surface area contributed by atoms with E-state index in [1.807, 2.05) is 0 Å². The molecule has 7 heteroatoms. The minimum Gasteiger partial charge on any atom is -0.292 e. The van der Waals surface area contributed by atoms with Crippen molar-refractivity contribution in [3.63, 3.8) is 0 Å². The van der Waals surface area contributed by atoms with Gasteiger partial charge in [-0.05, 0) is 24.6 Å². The van der Waals surface area contributed by atoms with Gasteiger partial charge >= 0.3 is 5.69 Å². The summed E-state index contributed by atoms with van der Waals surface area (Å²) in [5, 5.41) is 8.17. The van der Waals surface area contributed by atoms with Crippen LogP contribution in [0.2, 0.25) is 4.47 Å². The minimum atomic E-state index is -0.290. The van der Waals surface area contributed by atoms with Gasteiger partial charge in [0.25, 0.3) is 0 Å². The lowest BCUT2D eigenvalue weighted by atomic mass is 10.4. The zero-order valence-corrected chi connectivity index (χ0v) is 9.42. The van der Waals surface area contributed by atoms with Crippen molar-refractivity contribution in [1.82, 2.24) is 19.7 Å². The molecular weight excluding hydrogens is 236 g/mol. The molecule has 0 amide bonds. The van der Waals surface area contributed by atoms with Crippen LogP contribution in [0.5, 0.6) is 0 Å². The first-order valence-electron chi connectivity index (χ1n) is 4.17. The average molecular weight is 243 g/mol. The number of hydrogen-bond acceptors (Lipinski definition) is 5. The summed E-state index contributed by atoms with van der Waals surface area (Å²) in [6, 6.07) is 1.77. The Kier molecular flexibility index (Phi) is 2.79. The molecule has 0 bridgehead atoms. The van der Waals surface area contributed by atoms with E-state index in [0.717, 1.165) is 0 Å². The molecule has 0 fully saturated rings. The fourth-order valence-electron chi connectivity index (χ4n) is 1.08. The number of aromatic nitrogens is 4. The van der Waals surface area contributed by atoms with Crippen LogP contribution in [0.25, 0.3) is 0 Å². The molecule has 0 radical (unpaired) electrons. The zero-order valence-electron chi connectivity index (χ0n) is 7.85. The average Bonchev–Trinajstić information content (AvgIpc) is 2.56. The summed E-state index contributed by atoms with van der Waals surface area (Å²) >= 11 is 6.88. The number of rotatable bonds is 2. The lowest BCUT2D eigenvalue weighted by Gasteiger charge is -2.00. The van der Waals surface area contributed by atoms with E-state index in [0.29, 0.717) is 21.7 Å². The van der Waals surface area contributed by atoms with Crippen molar-refractivity contribution in [2.24, 2.45) is 0 Å². The van der Waals surface area contributed by atoms with Crippen LogP contribution in [0.15, 0.2) is 17.1 Å². The van der Waals surface area contributed by atoms with Gasteiger partial charge in [0.15, 0.2) is 0 Å². The molecule has 0 saturated heterocycles. The Bertz CT molecular complexity index is 535. The Morgan fingerprint density at radius 3 is 2.93 bits per heavy atom. The first kappa shape index (κ1) is 10.3. The lowest BCUT2D eigenvalue weighted by Crippen LogP contribution is -2.23. The molecule has 0 saturated carbocycles. The fraction of sp³-hybridized carbons (Fsp3) is 0.250. The molecule has 2 rings (SSSR count). The molecule has 0 aromatic carbocycles. The summed E-state index contributed by atoms with van der Waals surface area (Å²) in [6.07, 6.45) is 1.68. The van der Waals surface area contributed by atoms with E-state index < -0.39 is 0 Å². The molecule has 2 heterocycles. The highest BCUT2D eigenvalue weighted by Gasteiger charge is 2.04. The van der Waals surface area contributed by atoms with Crippen LogP contribution in [-0.4, -0.2) is 19.7 Å². The summed E-state index contributed by atoms with van der Waals surface area (Å²) in [4.78, 5) is 15.2. The van der Waals surface area contributed by atoms with Gasteiger partial charge in [0.05, 0.1) is 6.54 Å². The van der Waals surface area contributed by atoms with Crippen molar-refractivity contribution in [2.45, 2.75) is 13.5 Å². The van der Waals surface area contributed by atoms with E-state index >= 15 is 0 Å². The summed E-state index contributed by atoms with van der Waals surface area (Å²) < 4.78 is 1.84. The number of halogens is 1. The smallest absolute Gasteiger partial charge is 0.292 e. The van der Waals surface area contributed by atoms with Crippen molar-refractivity contribution in [3.8, 4) is 0 Å². The minimum absolute atomic E-state index is 0.290. The van der Waals surface area contributed by atoms with E-state index in [9.17, 15) is 4.79 Å². The number of hydrogen-bond donors (Lipinski definition) is 0. The largest absolute Gasteiger partial charge is 0.348 e. The summed E-state index contributed by atoms with van der Waals surface area (Å²) in [5.41, 5.74) is 0.410. The van der Waals surface area contributed by atoms with Gasteiger partial charge in [0.1, 0.15) is 5.01 Å². The van der Waals surface area contributed by atoms with Gasteiger partial charge in [0, 0.05) is 11.9 Å². The number of nitrogens with zero attached hydrogens (tertiary/aromatic N) is 4.